The maximum Gasteiger partial charge on any atom is 0.411 e. The van der Waals surface area contributed by atoms with E-state index in [1.165, 1.54) is 0 Å². The summed E-state index contributed by atoms with van der Waals surface area (Å²) in [6.07, 6.45) is -0.656. The molecule has 90 valence electrons. The lowest BCUT2D eigenvalue weighted by atomic mass is 10.3. The number of nitriles is 1. The molecule has 0 bridgehead atoms. The van der Waals surface area contributed by atoms with Crippen molar-refractivity contribution in [2.24, 2.45) is 0 Å². The molecule has 1 aromatic rings. The standard InChI is InChI=1S/C11H12N2O4/c12-4-6-16-10-3-1-2-9(8-10)13-11(15)17-7-5-14/h1-3,8,14H,5-7H2,(H,13,15). The van der Waals surface area contributed by atoms with Gasteiger partial charge in [0.1, 0.15) is 18.4 Å². The Morgan fingerprint density at radius 1 is 1.53 bits per heavy atom. The highest BCUT2D eigenvalue weighted by atomic mass is 16.6. The van der Waals surface area contributed by atoms with Crippen molar-refractivity contribution in [2.45, 2.75) is 0 Å². The fourth-order valence-electron chi connectivity index (χ4n) is 1.07. The van der Waals surface area contributed by atoms with Crippen LogP contribution in [0, 0.1) is 11.3 Å². The number of ether oxygens (including phenoxy) is 2. The van der Waals surface area contributed by atoms with Crippen LogP contribution in [0.3, 0.4) is 0 Å². The van der Waals surface area contributed by atoms with E-state index in [0.717, 1.165) is 0 Å². The van der Waals surface area contributed by atoms with E-state index in [-0.39, 0.29) is 19.8 Å². The maximum absolute atomic E-state index is 11.2. The van der Waals surface area contributed by atoms with Gasteiger partial charge in [-0.15, -0.1) is 0 Å². The van der Waals surface area contributed by atoms with Crippen LogP contribution in [0.1, 0.15) is 0 Å². The van der Waals surface area contributed by atoms with Crippen LogP contribution in [0.4, 0.5) is 10.5 Å². The molecule has 0 aliphatic carbocycles. The molecular weight excluding hydrogens is 224 g/mol. The first-order valence-corrected chi connectivity index (χ1v) is 4.90. The van der Waals surface area contributed by atoms with Crippen molar-refractivity contribution < 1.29 is 19.4 Å². The zero-order valence-corrected chi connectivity index (χ0v) is 9.05. The number of amides is 1. The lowest BCUT2D eigenvalue weighted by Gasteiger charge is -2.07. The Balaban J connectivity index is 2.53. The zero-order chi connectivity index (χ0) is 12.5. The monoisotopic (exact) mass is 236 g/mol. The van der Waals surface area contributed by atoms with Crippen molar-refractivity contribution in [3.8, 4) is 11.8 Å². The van der Waals surface area contributed by atoms with E-state index < -0.39 is 6.09 Å². The van der Waals surface area contributed by atoms with Gasteiger partial charge in [0.15, 0.2) is 6.61 Å². The molecule has 6 nitrogen and oxygen atoms in total. The van der Waals surface area contributed by atoms with Crippen LogP contribution in [0.2, 0.25) is 0 Å². The Labute approximate surface area is 98.4 Å². The van der Waals surface area contributed by atoms with E-state index in [4.69, 9.17) is 15.1 Å². The van der Waals surface area contributed by atoms with Gasteiger partial charge in [0.05, 0.1) is 6.61 Å². The van der Waals surface area contributed by atoms with Gasteiger partial charge in [0.2, 0.25) is 0 Å². The molecule has 2 N–H and O–H groups in total. The van der Waals surface area contributed by atoms with Crippen molar-refractivity contribution >= 4 is 11.8 Å². The molecule has 0 aliphatic rings. The number of carbonyl (C=O) groups excluding carboxylic acids is 1. The number of anilines is 1. The minimum atomic E-state index is -0.656. The fourth-order valence-corrected chi connectivity index (χ4v) is 1.07. The van der Waals surface area contributed by atoms with Crippen molar-refractivity contribution in [3.05, 3.63) is 24.3 Å². The summed E-state index contributed by atoms with van der Waals surface area (Å²) in [5.41, 5.74) is 0.489. The van der Waals surface area contributed by atoms with E-state index in [0.29, 0.717) is 11.4 Å². The summed E-state index contributed by atoms with van der Waals surface area (Å²) in [5, 5.41) is 19.3. The van der Waals surface area contributed by atoms with Gasteiger partial charge in [-0.1, -0.05) is 6.07 Å². The minimum absolute atomic E-state index is 0.0571. The SMILES string of the molecule is N#CCOc1cccc(NC(=O)OCCO)c1. The van der Waals surface area contributed by atoms with Crippen LogP contribution in [0.15, 0.2) is 24.3 Å². The van der Waals surface area contributed by atoms with Crippen LogP contribution >= 0.6 is 0 Å². The van der Waals surface area contributed by atoms with E-state index in [1.54, 1.807) is 24.3 Å². The Morgan fingerprint density at radius 2 is 2.35 bits per heavy atom. The number of benzene rings is 1. The van der Waals surface area contributed by atoms with E-state index in [9.17, 15) is 4.79 Å². The van der Waals surface area contributed by atoms with Crippen LogP contribution in [-0.4, -0.2) is 31.0 Å². The number of aliphatic hydroxyl groups is 1. The number of nitrogens with zero attached hydrogens (tertiary/aromatic N) is 1. The van der Waals surface area contributed by atoms with Crippen LogP contribution in [0.5, 0.6) is 5.75 Å². The highest BCUT2D eigenvalue weighted by molar-refractivity contribution is 5.84. The summed E-state index contributed by atoms with van der Waals surface area (Å²) in [5.74, 6) is 0.478. The number of rotatable bonds is 5. The minimum Gasteiger partial charge on any atom is -0.479 e. The molecule has 17 heavy (non-hydrogen) atoms. The average Bonchev–Trinajstić information content (AvgIpc) is 2.34. The first-order valence-electron chi connectivity index (χ1n) is 4.90. The molecule has 1 amide bonds. The Bertz CT molecular complexity index is 414. The van der Waals surface area contributed by atoms with Gasteiger partial charge in [0, 0.05) is 11.8 Å². The zero-order valence-electron chi connectivity index (χ0n) is 9.05. The fraction of sp³-hybridized carbons (Fsp3) is 0.273. The second kappa shape index (κ2) is 7.09. The van der Waals surface area contributed by atoms with E-state index in [1.807, 2.05) is 6.07 Å². The van der Waals surface area contributed by atoms with Crippen LogP contribution in [0.25, 0.3) is 0 Å². The summed E-state index contributed by atoms with van der Waals surface area (Å²) in [6, 6.07) is 8.40. The topological polar surface area (TPSA) is 91.6 Å². The van der Waals surface area contributed by atoms with Crippen molar-refractivity contribution in [3.63, 3.8) is 0 Å². The van der Waals surface area contributed by atoms with Crippen molar-refractivity contribution in [2.75, 3.05) is 25.1 Å². The van der Waals surface area contributed by atoms with Gasteiger partial charge in [-0.05, 0) is 12.1 Å². The predicted octanol–water partition coefficient (Wildman–Crippen LogP) is 1.13. The van der Waals surface area contributed by atoms with Gasteiger partial charge < -0.3 is 14.6 Å². The molecular formula is C11H12N2O4. The van der Waals surface area contributed by atoms with Gasteiger partial charge in [-0.2, -0.15) is 5.26 Å². The molecule has 0 radical (unpaired) electrons. The lowest BCUT2D eigenvalue weighted by Crippen LogP contribution is -2.15. The predicted molar refractivity (Wildman–Crippen MR) is 59.6 cm³/mol. The second-order valence-corrected chi connectivity index (χ2v) is 2.96. The highest BCUT2D eigenvalue weighted by Gasteiger charge is 2.03. The molecule has 0 spiro atoms. The largest absolute Gasteiger partial charge is 0.479 e. The third-order valence-corrected chi connectivity index (χ3v) is 1.71. The lowest BCUT2D eigenvalue weighted by molar-refractivity contribution is 0.131. The number of hydrogen-bond acceptors (Lipinski definition) is 5. The third-order valence-electron chi connectivity index (χ3n) is 1.71. The molecule has 1 rings (SSSR count). The Kier molecular flexibility index (Phi) is 5.34. The Morgan fingerprint density at radius 3 is 3.06 bits per heavy atom. The first-order chi connectivity index (χ1) is 8.26. The summed E-state index contributed by atoms with van der Waals surface area (Å²) in [4.78, 5) is 11.2. The van der Waals surface area contributed by atoms with Gasteiger partial charge >= 0.3 is 6.09 Å². The average molecular weight is 236 g/mol. The quantitative estimate of drug-likeness (QED) is 0.799. The Hall–Kier alpha value is -2.26. The van der Waals surface area contributed by atoms with Gasteiger partial charge in [-0.25, -0.2) is 4.79 Å². The summed E-state index contributed by atoms with van der Waals surface area (Å²) >= 11 is 0. The van der Waals surface area contributed by atoms with E-state index in [2.05, 4.69) is 10.1 Å². The molecule has 0 aromatic heterocycles. The molecule has 0 atom stereocenters. The molecule has 0 unspecified atom stereocenters. The molecule has 0 aliphatic heterocycles. The summed E-state index contributed by atoms with van der Waals surface area (Å²) in [7, 11) is 0. The molecule has 0 heterocycles. The molecule has 0 fully saturated rings. The van der Waals surface area contributed by atoms with Crippen molar-refractivity contribution in [1.29, 1.82) is 5.26 Å². The first kappa shape index (κ1) is 12.8. The van der Waals surface area contributed by atoms with Gasteiger partial charge in [0.25, 0.3) is 0 Å². The molecule has 0 saturated heterocycles. The van der Waals surface area contributed by atoms with Crippen LogP contribution in [-0.2, 0) is 4.74 Å². The van der Waals surface area contributed by atoms with Crippen molar-refractivity contribution in [1.82, 2.24) is 0 Å². The molecule has 0 saturated carbocycles. The maximum atomic E-state index is 11.2. The number of carbonyl (C=O) groups is 1. The van der Waals surface area contributed by atoms with Gasteiger partial charge in [-0.3, -0.25) is 5.32 Å². The number of nitrogens with one attached hydrogen (secondary N) is 1. The second-order valence-electron chi connectivity index (χ2n) is 2.96. The normalized spacial score (nSPS) is 9.18. The molecule has 6 heteroatoms. The third kappa shape index (κ3) is 4.86. The summed E-state index contributed by atoms with van der Waals surface area (Å²) < 4.78 is 9.69. The highest BCUT2D eigenvalue weighted by Crippen LogP contribution is 2.17. The number of aliphatic hydroxyl groups excluding tert-OH is 1. The number of hydrogen-bond donors (Lipinski definition) is 2. The molecule has 1 aromatic carbocycles. The van der Waals surface area contributed by atoms with Crippen LogP contribution < -0.4 is 10.1 Å². The summed E-state index contributed by atoms with van der Waals surface area (Å²) in [6.45, 7) is -0.340. The van der Waals surface area contributed by atoms with E-state index >= 15 is 0 Å². The smallest absolute Gasteiger partial charge is 0.411 e.